The number of hydrogen-bond donors (Lipinski definition) is 1. The fourth-order valence-corrected chi connectivity index (χ4v) is 5.23. The van der Waals surface area contributed by atoms with Gasteiger partial charge in [0, 0.05) is 18.5 Å². The predicted octanol–water partition coefficient (Wildman–Crippen LogP) is 3.66. The van der Waals surface area contributed by atoms with Crippen LogP contribution in [0.2, 0.25) is 0 Å². The van der Waals surface area contributed by atoms with Gasteiger partial charge in [-0.25, -0.2) is 4.98 Å². The molecule has 118 valence electrons. The maximum atomic E-state index is 5.24. The number of aromatic nitrogens is 1. The Balaban J connectivity index is 1.82. The lowest BCUT2D eigenvalue weighted by Gasteiger charge is -2.29. The third kappa shape index (κ3) is 3.17. The highest BCUT2D eigenvalue weighted by molar-refractivity contribution is 7.11. The Labute approximate surface area is 132 Å². The highest BCUT2D eigenvalue weighted by Crippen LogP contribution is 2.45. The third-order valence-corrected chi connectivity index (χ3v) is 6.58. The number of nitrogens with one attached hydrogen (secondary N) is 1. The monoisotopic (exact) mass is 308 g/mol. The molecule has 1 aromatic rings. The first-order valence-corrected chi connectivity index (χ1v) is 9.32. The summed E-state index contributed by atoms with van der Waals surface area (Å²) in [4.78, 5) is 6.63. The van der Waals surface area contributed by atoms with Crippen LogP contribution in [0, 0.1) is 5.92 Å². The Morgan fingerprint density at radius 1 is 1.38 bits per heavy atom. The average Bonchev–Trinajstić information content (AvgIpc) is 3.12. The van der Waals surface area contributed by atoms with Gasteiger partial charge in [-0.3, -0.25) is 0 Å². The molecule has 0 bridgehead atoms. The van der Waals surface area contributed by atoms with Crippen LogP contribution in [0.4, 0.5) is 0 Å². The summed E-state index contributed by atoms with van der Waals surface area (Å²) >= 11 is 1.99. The molecule has 4 heteroatoms. The van der Waals surface area contributed by atoms with Gasteiger partial charge in [-0.05, 0) is 50.9 Å². The second-order valence-corrected chi connectivity index (χ2v) is 7.70. The molecule has 3 rings (SSSR count). The Bertz CT molecular complexity index is 450. The Morgan fingerprint density at radius 2 is 2.24 bits per heavy atom. The van der Waals surface area contributed by atoms with Crippen LogP contribution in [-0.2, 0) is 23.1 Å². The van der Waals surface area contributed by atoms with Gasteiger partial charge >= 0.3 is 0 Å². The van der Waals surface area contributed by atoms with Gasteiger partial charge in [0.15, 0.2) is 0 Å². The van der Waals surface area contributed by atoms with Crippen LogP contribution in [0.25, 0.3) is 0 Å². The quantitative estimate of drug-likeness (QED) is 0.814. The van der Waals surface area contributed by atoms with E-state index >= 15 is 0 Å². The van der Waals surface area contributed by atoms with Crippen LogP contribution in [-0.4, -0.2) is 25.2 Å². The number of fused-ring (bicyclic) bond motifs is 1. The normalized spacial score (nSPS) is 28.8. The minimum Gasteiger partial charge on any atom is -0.383 e. The summed E-state index contributed by atoms with van der Waals surface area (Å²) in [5.74, 6) is 0.848. The van der Waals surface area contributed by atoms with E-state index in [0.717, 1.165) is 19.1 Å². The number of methoxy groups -OCH3 is 1. The van der Waals surface area contributed by atoms with Gasteiger partial charge in [0.25, 0.3) is 0 Å². The maximum Gasteiger partial charge on any atom is 0.113 e. The Morgan fingerprint density at radius 3 is 2.95 bits per heavy atom. The van der Waals surface area contributed by atoms with E-state index in [1.165, 1.54) is 62.1 Å². The van der Waals surface area contributed by atoms with E-state index in [2.05, 4.69) is 12.2 Å². The lowest BCUT2D eigenvalue weighted by atomic mass is 9.95. The topological polar surface area (TPSA) is 34.1 Å². The Hall–Kier alpha value is -0.450. The van der Waals surface area contributed by atoms with Crippen molar-refractivity contribution in [1.82, 2.24) is 10.3 Å². The fourth-order valence-electron chi connectivity index (χ4n) is 3.88. The summed E-state index contributed by atoms with van der Waals surface area (Å²) in [6.45, 7) is 4.03. The molecule has 1 N–H and O–H groups in total. The van der Waals surface area contributed by atoms with E-state index in [0.29, 0.717) is 0 Å². The molecule has 0 aromatic carbocycles. The summed E-state index contributed by atoms with van der Waals surface area (Å²) in [7, 11) is 1.78. The standard InChI is InChI=1S/C17H28N2OS/c1-3-13-8-9-17(12-13,18-10-11-20-2)16-19-14-6-4-5-7-15(14)21-16/h13,18H,3-12H2,1-2H3. The van der Waals surface area contributed by atoms with E-state index < -0.39 is 0 Å². The lowest BCUT2D eigenvalue weighted by molar-refractivity contribution is 0.182. The molecule has 0 aliphatic heterocycles. The van der Waals surface area contributed by atoms with Crippen molar-refractivity contribution in [1.29, 1.82) is 0 Å². The molecule has 3 nitrogen and oxygen atoms in total. The second-order valence-electron chi connectivity index (χ2n) is 6.61. The van der Waals surface area contributed by atoms with Gasteiger partial charge in [0.1, 0.15) is 5.01 Å². The largest absolute Gasteiger partial charge is 0.383 e. The summed E-state index contributed by atoms with van der Waals surface area (Å²) in [6, 6.07) is 0. The van der Waals surface area contributed by atoms with Crippen molar-refractivity contribution in [3.63, 3.8) is 0 Å². The summed E-state index contributed by atoms with van der Waals surface area (Å²) < 4.78 is 5.24. The van der Waals surface area contributed by atoms with E-state index in [1.54, 1.807) is 12.0 Å². The van der Waals surface area contributed by atoms with Crippen LogP contribution in [0.5, 0.6) is 0 Å². The molecule has 1 aromatic heterocycles. The van der Waals surface area contributed by atoms with Crippen LogP contribution < -0.4 is 5.32 Å². The van der Waals surface area contributed by atoms with Crippen molar-refractivity contribution in [3.8, 4) is 0 Å². The number of ether oxygens (including phenoxy) is 1. The molecular formula is C17H28N2OS. The van der Waals surface area contributed by atoms with Crippen molar-refractivity contribution >= 4 is 11.3 Å². The van der Waals surface area contributed by atoms with Gasteiger partial charge < -0.3 is 10.1 Å². The number of rotatable bonds is 6. The molecule has 21 heavy (non-hydrogen) atoms. The summed E-state index contributed by atoms with van der Waals surface area (Å²) in [6.07, 6.45) is 10.2. The van der Waals surface area contributed by atoms with Crippen molar-refractivity contribution in [2.45, 2.75) is 63.8 Å². The Kier molecular flexibility index (Phi) is 4.97. The zero-order valence-electron chi connectivity index (χ0n) is 13.4. The highest BCUT2D eigenvalue weighted by atomic mass is 32.1. The van der Waals surface area contributed by atoms with E-state index in [9.17, 15) is 0 Å². The van der Waals surface area contributed by atoms with Crippen molar-refractivity contribution in [2.75, 3.05) is 20.3 Å². The van der Waals surface area contributed by atoms with E-state index in [-0.39, 0.29) is 5.54 Å². The predicted molar refractivity (Wildman–Crippen MR) is 87.9 cm³/mol. The fraction of sp³-hybridized carbons (Fsp3) is 0.824. The van der Waals surface area contributed by atoms with E-state index in [1.807, 2.05) is 11.3 Å². The summed E-state index contributed by atoms with van der Waals surface area (Å²) in [5.41, 5.74) is 1.52. The van der Waals surface area contributed by atoms with Crippen molar-refractivity contribution < 1.29 is 4.74 Å². The van der Waals surface area contributed by atoms with Crippen LogP contribution in [0.15, 0.2) is 0 Å². The van der Waals surface area contributed by atoms with Crippen LogP contribution in [0.1, 0.15) is 61.0 Å². The molecular weight excluding hydrogens is 280 g/mol. The van der Waals surface area contributed by atoms with Gasteiger partial charge in [0.2, 0.25) is 0 Å². The molecule has 2 aliphatic carbocycles. The highest BCUT2D eigenvalue weighted by Gasteiger charge is 2.42. The minimum absolute atomic E-state index is 0.126. The molecule has 0 radical (unpaired) electrons. The summed E-state index contributed by atoms with van der Waals surface area (Å²) in [5, 5.41) is 5.17. The molecule has 0 saturated heterocycles. The molecule has 1 heterocycles. The second kappa shape index (κ2) is 6.76. The SMILES string of the molecule is CCC1CCC(NCCOC)(c2nc3c(s2)CCCC3)C1. The van der Waals surface area contributed by atoms with Gasteiger partial charge in [-0.2, -0.15) is 0 Å². The minimum atomic E-state index is 0.126. The third-order valence-electron chi connectivity index (χ3n) is 5.22. The number of hydrogen-bond acceptors (Lipinski definition) is 4. The molecule has 2 atom stereocenters. The molecule has 2 aliphatic rings. The average molecular weight is 308 g/mol. The first-order chi connectivity index (χ1) is 10.3. The zero-order chi connectivity index (χ0) is 14.7. The first kappa shape index (κ1) is 15.4. The van der Waals surface area contributed by atoms with E-state index in [4.69, 9.17) is 9.72 Å². The smallest absolute Gasteiger partial charge is 0.113 e. The van der Waals surface area contributed by atoms with Crippen molar-refractivity contribution in [2.24, 2.45) is 5.92 Å². The number of thiazole rings is 1. The van der Waals surface area contributed by atoms with Crippen molar-refractivity contribution in [3.05, 3.63) is 15.6 Å². The molecule has 2 unspecified atom stereocenters. The molecule has 1 fully saturated rings. The van der Waals surface area contributed by atoms with Crippen LogP contribution >= 0.6 is 11.3 Å². The molecule has 0 spiro atoms. The maximum absolute atomic E-state index is 5.24. The molecule has 1 saturated carbocycles. The van der Waals surface area contributed by atoms with Gasteiger partial charge in [-0.15, -0.1) is 11.3 Å². The lowest BCUT2D eigenvalue weighted by Crippen LogP contribution is -2.42. The van der Waals surface area contributed by atoms with Gasteiger partial charge in [0.05, 0.1) is 17.8 Å². The zero-order valence-corrected chi connectivity index (χ0v) is 14.2. The molecule has 0 amide bonds. The first-order valence-electron chi connectivity index (χ1n) is 8.50. The number of nitrogens with zero attached hydrogens (tertiary/aromatic N) is 1. The number of aryl methyl sites for hydroxylation is 2. The van der Waals surface area contributed by atoms with Gasteiger partial charge in [-0.1, -0.05) is 13.3 Å². The van der Waals surface area contributed by atoms with Crippen LogP contribution in [0.3, 0.4) is 0 Å².